The molecule has 114 valence electrons. The third-order valence-corrected chi connectivity index (χ3v) is 3.53. The second-order valence-electron chi connectivity index (χ2n) is 5.17. The smallest absolute Gasteiger partial charge is 0.337 e. The van der Waals surface area contributed by atoms with E-state index in [9.17, 15) is 9.59 Å². The molecular formula is C14H20N4O3. The molecule has 2 heterocycles. The Morgan fingerprint density at radius 2 is 2.10 bits per heavy atom. The van der Waals surface area contributed by atoms with Gasteiger partial charge in [-0.3, -0.25) is 4.98 Å². The van der Waals surface area contributed by atoms with Crippen molar-refractivity contribution in [1.29, 1.82) is 0 Å². The molecule has 1 aromatic heterocycles. The van der Waals surface area contributed by atoms with Gasteiger partial charge in [-0.15, -0.1) is 0 Å². The summed E-state index contributed by atoms with van der Waals surface area (Å²) in [6.45, 7) is 3.69. The first-order valence-corrected chi connectivity index (χ1v) is 6.99. The van der Waals surface area contributed by atoms with E-state index in [1.54, 1.807) is 11.9 Å². The minimum absolute atomic E-state index is 0.0486. The first kappa shape index (κ1) is 15.2. The standard InChI is InChI=1S/C14H20N4O3/c1-17(6-7-18-4-2-3-5-18)14(21)16-12-8-11(13(19)20)9-15-10-12/h8-10H,2-7H2,1H3,(H,16,21)(H,19,20). The fraction of sp³-hybridized carbons (Fsp3) is 0.500. The van der Waals surface area contributed by atoms with Crippen LogP contribution in [0.25, 0.3) is 0 Å². The third-order valence-electron chi connectivity index (χ3n) is 3.53. The molecule has 0 atom stereocenters. The number of carboxylic acid groups (broad SMARTS) is 1. The molecule has 2 N–H and O–H groups in total. The van der Waals surface area contributed by atoms with Gasteiger partial charge in [0.2, 0.25) is 0 Å². The zero-order valence-electron chi connectivity index (χ0n) is 12.1. The van der Waals surface area contributed by atoms with Crippen LogP contribution < -0.4 is 5.32 Å². The van der Waals surface area contributed by atoms with Crippen LogP contribution in [0.1, 0.15) is 23.2 Å². The van der Waals surface area contributed by atoms with Crippen LogP contribution in [0.4, 0.5) is 10.5 Å². The SMILES string of the molecule is CN(CCN1CCCC1)C(=O)Nc1cncc(C(=O)O)c1. The highest BCUT2D eigenvalue weighted by Gasteiger charge is 2.15. The summed E-state index contributed by atoms with van der Waals surface area (Å²) in [5, 5.41) is 11.5. The van der Waals surface area contributed by atoms with Crippen LogP contribution in [0.3, 0.4) is 0 Å². The predicted octanol–water partition coefficient (Wildman–Crippen LogP) is 1.34. The Morgan fingerprint density at radius 1 is 1.38 bits per heavy atom. The number of hydrogen-bond acceptors (Lipinski definition) is 4. The molecule has 1 saturated heterocycles. The van der Waals surface area contributed by atoms with E-state index in [0.717, 1.165) is 19.6 Å². The molecule has 0 bridgehead atoms. The summed E-state index contributed by atoms with van der Waals surface area (Å²) < 4.78 is 0. The Kier molecular flexibility index (Phi) is 5.10. The van der Waals surface area contributed by atoms with Gasteiger partial charge in [0.25, 0.3) is 0 Å². The van der Waals surface area contributed by atoms with Crippen LogP contribution in [-0.4, -0.2) is 65.1 Å². The maximum Gasteiger partial charge on any atom is 0.337 e. The Balaban J connectivity index is 1.84. The second kappa shape index (κ2) is 7.03. The first-order chi connectivity index (χ1) is 10.1. The molecule has 1 aliphatic heterocycles. The molecule has 1 fully saturated rings. The zero-order chi connectivity index (χ0) is 15.2. The van der Waals surface area contributed by atoms with Gasteiger partial charge < -0.3 is 20.2 Å². The van der Waals surface area contributed by atoms with Crippen molar-refractivity contribution in [2.75, 3.05) is 38.5 Å². The molecule has 2 amide bonds. The fourth-order valence-corrected chi connectivity index (χ4v) is 2.24. The number of anilines is 1. The van der Waals surface area contributed by atoms with Gasteiger partial charge >= 0.3 is 12.0 Å². The fourth-order valence-electron chi connectivity index (χ4n) is 2.24. The topological polar surface area (TPSA) is 85.8 Å². The lowest BCUT2D eigenvalue weighted by Crippen LogP contribution is -2.37. The highest BCUT2D eigenvalue weighted by molar-refractivity contribution is 5.92. The van der Waals surface area contributed by atoms with Crippen LogP contribution in [0.5, 0.6) is 0 Å². The number of urea groups is 1. The van der Waals surface area contributed by atoms with Gasteiger partial charge in [0.15, 0.2) is 0 Å². The first-order valence-electron chi connectivity index (χ1n) is 6.99. The van der Waals surface area contributed by atoms with E-state index in [1.807, 2.05) is 0 Å². The number of rotatable bonds is 5. The number of likely N-dealkylation sites (tertiary alicyclic amines) is 1. The molecule has 0 aromatic carbocycles. The molecule has 0 aliphatic carbocycles. The molecule has 2 rings (SSSR count). The summed E-state index contributed by atoms with van der Waals surface area (Å²) in [7, 11) is 1.72. The summed E-state index contributed by atoms with van der Waals surface area (Å²) in [5.74, 6) is -1.07. The number of pyridine rings is 1. The van der Waals surface area contributed by atoms with Gasteiger partial charge in [-0.1, -0.05) is 0 Å². The number of carbonyl (C=O) groups is 2. The van der Waals surface area contributed by atoms with Crippen molar-refractivity contribution in [2.24, 2.45) is 0 Å². The summed E-state index contributed by atoms with van der Waals surface area (Å²) in [6, 6.07) is 1.13. The van der Waals surface area contributed by atoms with Crippen molar-refractivity contribution in [3.8, 4) is 0 Å². The van der Waals surface area contributed by atoms with Crippen LogP contribution in [0.15, 0.2) is 18.5 Å². The number of amides is 2. The van der Waals surface area contributed by atoms with Crippen LogP contribution in [0, 0.1) is 0 Å². The lowest BCUT2D eigenvalue weighted by molar-refractivity contribution is 0.0696. The normalized spacial score (nSPS) is 14.9. The van der Waals surface area contributed by atoms with Crippen molar-refractivity contribution in [3.05, 3.63) is 24.0 Å². The average molecular weight is 292 g/mol. The third kappa shape index (κ3) is 4.42. The van der Waals surface area contributed by atoms with Gasteiger partial charge in [0, 0.05) is 26.3 Å². The lowest BCUT2D eigenvalue weighted by Gasteiger charge is -2.21. The van der Waals surface area contributed by atoms with Crippen molar-refractivity contribution in [3.63, 3.8) is 0 Å². The van der Waals surface area contributed by atoms with E-state index in [4.69, 9.17) is 5.11 Å². The molecule has 7 heteroatoms. The number of nitrogens with zero attached hydrogens (tertiary/aromatic N) is 3. The van der Waals surface area contributed by atoms with E-state index in [2.05, 4.69) is 15.2 Å². The monoisotopic (exact) mass is 292 g/mol. The maximum absolute atomic E-state index is 12.0. The average Bonchev–Trinajstić information content (AvgIpc) is 2.98. The summed E-state index contributed by atoms with van der Waals surface area (Å²) in [5.41, 5.74) is 0.431. The molecule has 21 heavy (non-hydrogen) atoms. The Morgan fingerprint density at radius 3 is 2.76 bits per heavy atom. The number of carboxylic acids is 1. The van der Waals surface area contributed by atoms with E-state index in [0.29, 0.717) is 12.2 Å². The summed E-state index contributed by atoms with van der Waals surface area (Å²) >= 11 is 0. The zero-order valence-corrected chi connectivity index (χ0v) is 12.1. The van der Waals surface area contributed by atoms with Crippen LogP contribution in [-0.2, 0) is 0 Å². The van der Waals surface area contributed by atoms with E-state index < -0.39 is 5.97 Å². The summed E-state index contributed by atoms with van der Waals surface area (Å²) in [4.78, 5) is 30.6. The Hall–Kier alpha value is -2.15. The highest BCUT2D eigenvalue weighted by atomic mass is 16.4. The maximum atomic E-state index is 12.0. The molecule has 1 aromatic rings. The van der Waals surface area contributed by atoms with E-state index in [-0.39, 0.29) is 11.6 Å². The molecule has 0 unspecified atom stereocenters. The predicted molar refractivity (Wildman–Crippen MR) is 78.5 cm³/mol. The number of nitrogens with one attached hydrogen (secondary N) is 1. The second-order valence-corrected chi connectivity index (χ2v) is 5.17. The van der Waals surface area contributed by atoms with Gasteiger partial charge in [0.1, 0.15) is 0 Å². The minimum Gasteiger partial charge on any atom is -0.478 e. The quantitative estimate of drug-likeness (QED) is 0.855. The van der Waals surface area contributed by atoms with E-state index >= 15 is 0 Å². The molecule has 0 radical (unpaired) electrons. The van der Waals surface area contributed by atoms with Gasteiger partial charge in [-0.2, -0.15) is 0 Å². The molecular weight excluding hydrogens is 272 g/mol. The van der Waals surface area contributed by atoms with E-state index in [1.165, 1.54) is 31.3 Å². The number of hydrogen-bond donors (Lipinski definition) is 2. The lowest BCUT2D eigenvalue weighted by atomic mass is 10.2. The molecule has 1 aliphatic rings. The number of aromatic carboxylic acids is 1. The number of likely N-dealkylation sites (N-methyl/N-ethyl adjacent to an activating group) is 1. The largest absolute Gasteiger partial charge is 0.478 e. The molecule has 0 spiro atoms. The Bertz CT molecular complexity index is 515. The summed E-state index contributed by atoms with van der Waals surface area (Å²) in [6.07, 6.45) is 5.13. The molecule has 0 saturated carbocycles. The number of aromatic nitrogens is 1. The molecule has 7 nitrogen and oxygen atoms in total. The van der Waals surface area contributed by atoms with Crippen molar-refractivity contribution in [2.45, 2.75) is 12.8 Å². The van der Waals surface area contributed by atoms with Gasteiger partial charge in [-0.05, 0) is 32.0 Å². The van der Waals surface area contributed by atoms with Gasteiger partial charge in [0.05, 0.1) is 17.4 Å². The number of carbonyl (C=O) groups excluding carboxylic acids is 1. The van der Waals surface area contributed by atoms with Crippen LogP contribution in [0.2, 0.25) is 0 Å². The van der Waals surface area contributed by atoms with Crippen LogP contribution >= 0.6 is 0 Å². The Labute approximate surface area is 123 Å². The van der Waals surface area contributed by atoms with Crippen molar-refractivity contribution in [1.82, 2.24) is 14.8 Å². The van der Waals surface area contributed by atoms with Gasteiger partial charge in [-0.25, -0.2) is 9.59 Å². The van der Waals surface area contributed by atoms with Crippen molar-refractivity contribution < 1.29 is 14.7 Å². The minimum atomic E-state index is -1.07. The van der Waals surface area contributed by atoms with Crippen molar-refractivity contribution >= 4 is 17.7 Å². The highest BCUT2D eigenvalue weighted by Crippen LogP contribution is 2.10.